The van der Waals surface area contributed by atoms with Crippen LogP contribution in [0.15, 0.2) is 30.6 Å². The molecule has 0 aliphatic carbocycles. The third-order valence-corrected chi connectivity index (χ3v) is 3.56. The van der Waals surface area contributed by atoms with Gasteiger partial charge < -0.3 is 5.32 Å². The number of hydrogen-bond acceptors (Lipinski definition) is 2. The Hall–Kier alpha value is -1.61. The second kappa shape index (κ2) is 4.58. The van der Waals surface area contributed by atoms with E-state index in [0.29, 0.717) is 6.04 Å². The number of aryl methyl sites for hydroxylation is 2. The zero-order chi connectivity index (χ0) is 12.5. The molecule has 1 saturated heterocycles. The number of rotatable bonds is 2. The Bertz CT molecular complexity index is 530. The first-order valence-electron chi connectivity index (χ1n) is 6.56. The van der Waals surface area contributed by atoms with Gasteiger partial charge in [-0.05, 0) is 32.4 Å². The SMILES string of the molecule is Cc1cc(C)cc(-c2cnn(C3CCNC3)c2)c1. The van der Waals surface area contributed by atoms with Crippen LogP contribution in [0.1, 0.15) is 23.6 Å². The van der Waals surface area contributed by atoms with Gasteiger partial charge in [-0.2, -0.15) is 5.10 Å². The Morgan fingerprint density at radius 1 is 1.17 bits per heavy atom. The highest BCUT2D eigenvalue weighted by Gasteiger charge is 2.17. The van der Waals surface area contributed by atoms with Crippen molar-refractivity contribution in [2.45, 2.75) is 26.3 Å². The summed E-state index contributed by atoms with van der Waals surface area (Å²) in [4.78, 5) is 0. The molecule has 1 atom stereocenters. The molecule has 2 heterocycles. The smallest absolute Gasteiger partial charge is 0.0655 e. The van der Waals surface area contributed by atoms with Crippen molar-refractivity contribution in [3.8, 4) is 11.1 Å². The molecule has 3 rings (SSSR count). The molecule has 2 aromatic rings. The first kappa shape index (κ1) is 11.5. The summed E-state index contributed by atoms with van der Waals surface area (Å²) in [6, 6.07) is 7.17. The molecule has 1 N–H and O–H groups in total. The fourth-order valence-corrected chi connectivity index (χ4v) is 2.69. The number of hydrogen-bond donors (Lipinski definition) is 1. The molecule has 1 fully saturated rings. The molecule has 0 amide bonds. The van der Waals surface area contributed by atoms with Crippen molar-refractivity contribution in [1.29, 1.82) is 0 Å². The minimum absolute atomic E-state index is 0.518. The summed E-state index contributed by atoms with van der Waals surface area (Å²) in [5, 5.41) is 7.89. The minimum atomic E-state index is 0.518. The molecule has 1 aliphatic heterocycles. The second-order valence-corrected chi connectivity index (χ2v) is 5.23. The summed E-state index contributed by atoms with van der Waals surface area (Å²) in [6.45, 7) is 6.42. The van der Waals surface area contributed by atoms with Crippen molar-refractivity contribution >= 4 is 0 Å². The maximum absolute atomic E-state index is 4.51. The van der Waals surface area contributed by atoms with E-state index >= 15 is 0 Å². The topological polar surface area (TPSA) is 29.9 Å². The number of benzene rings is 1. The predicted octanol–water partition coefficient (Wildman–Crippen LogP) is 2.70. The molecule has 94 valence electrons. The monoisotopic (exact) mass is 241 g/mol. The van der Waals surface area contributed by atoms with Crippen LogP contribution >= 0.6 is 0 Å². The highest BCUT2D eigenvalue weighted by Crippen LogP contribution is 2.24. The summed E-state index contributed by atoms with van der Waals surface area (Å²) in [5.74, 6) is 0. The largest absolute Gasteiger partial charge is 0.315 e. The summed E-state index contributed by atoms with van der Waals surface area (Å²) >= 11 is 0. The van der Waals surface area contributed by atoms with E-state index in [1.165, 1.54) is 28.7 Å². The molecule has 3 nitrogen and oxygen atoms in total. The van der Waals surface area contributed by atoms with Crippen LogP contribution < -0.4 is 5.32 Å². The highest BCUT2D eigenvalue weighted by atomic mass is 15.3. The summed E-state index contributed by atoms with van der Waals surface area (Å²) in [6.07, 6.45) is 5.33. The Morgan fingerprint density at radius 2 is 1.94 bits per heavy atom. The van der Waals surface area contributed by atoms with Gasteiger partial charge in [0.1, 0.15) is 0 Å². The fourth-order valence-electron chi connectivity index (χ4n) is 2.69. The Balaban J connectivity index is 1.92. The van der Waals surface area contributed by atoms with Crippen LogP contribution in [0, 0.1) is 13.8 Å². The lowest BCUT2D eigenvalue weighted by Crippen LogP contribution is -2.13. The summed E-state index contributed by atoms with van der Waals surface area (Å²) in [7, 11) is 0. The quantitative estimate of drug-likeness (QED) is 0.876. The lowest BCUT2D eigenvalue weighted by Gasteiger charge is -2.08. The van der Waals surface area contributed by atoms with Crippen LogP contribution in [0.25, 0.3) is 11.1 Å². The average molecular weight is 241 g/mol. The third-order valence-electron chi connectivity index (χ3n) is 3.56. The van der Waals surface area contributed by atoms with Crippen LogP contribution in [-0.4, -0.2) is 22.9 Å². The van der Waals surface area contributed by atoms with Gasteiger partial charge in [-0.1, -0.05) is 29.3 Å². The zero-order valence-electron chi connectivity index (χ0n) is 11.0. The molecule has 3 heteroatoms. The first-order chi connectivity index (χ1) is 8.72. The van der Waals surface area contributed by atoms with Gasteiger partial charge in [-0.25, -0.2) is 0 Å². The summed E-state index contributed by atoms with van der Waals surface area (Å²) in [5.41, 5.74) is 5.10. The van der Waals surface area contributed by atoms with Gasteiger partial charge in [0.15, 0.2) is 0 Å². The van der Waals surface area contributed by atoms with E-state index in [0.717, 1.165) is 13.1 Å². The standard InChI is InChI=1S/C15H19N3/c1-11-5-12(2)7-13(6-11)14-8-17-18(10-14)15-3-4-16-9-15/h5-8,10,15-16H,3-4,9H2,1-2H3. The molecular formula is C15H19N3. The van der Waals surface area contributed by atoms with E-state index in [4.69, 9.17) is 0 Å². The van der Waals surface area contributed by atoms with E-state index in [2.05, 4.69) is 53.3 Å². The van der Waals surface area contributed by atoms with Gasteiger partial charge in [0.25, 0.3) is 0 Å². The molecule has 0 radical (unpaired) electrons. The van der Waals surface area contributed by atoms with Crippen LogP contribution in [-0.2, 0) is 0 Å². The minimum Gasteiger partial charge on any atom is -0.315 e. The van der Waals surface area contributed by atoms with Crippen molar-refractivity contribution in [3.63, 3.8) is 0 Å². The van der Waals surface area contributed by atoms with Crippen LogP contribution in [0.5, 0.6) is 0 Å². The van der Waals surface area contributed by atoms with Gasteiger partial charge in [0, 0.05) is 18.3 Å². The van der Waals surface area contributed by atoms with E-state index in [1.54, 1.807) is 0 Å². The molecule has 0 saturated carbocycles. The average Bonchev–Trinajstić information content (AvgIpc) is 2.99. The molecule has 0 bridgehead atoms. The van der Waals surface area contributed by atoms with Crippen LogP contribution in [0.2, 0.25) is 0 Å². The molecule has 1 unspecified atom stereocenters. The first-order valence-corrected chi connectivity index (χ1v) is 6.56. The number of nitrogens with zero attached hydrogens (tertiary/aromatic N) is 2. The van der Waals surface area contributed by atoms with E-state index in [1.807, 2.05) is 6.20 Å². The molecule has 18 heavy (non-hydrogen) atoms. The lowest BCUT2D eigenvalue weighted by atomic mass is 10.0. The van der Waals surface area contributed by atoms with E-state index in [9.17, 15) is 0 Å². The van der Waals surface area contributed by atoms with Gasteiger partial charge in [0.05, 0.1) is 12.2 Å². The Morgan fingerprint density at radius 3 is 2.61 bits per heavy atom. The highest BCUT2D eigenvalue weighted by molar-refractivity contribution is 5.63. The molecular weight excluding hydrogens is 222 g/mol. The maximum atomic E-state index is 4.51. The zero-order valence-corrected chi connectivity index (χ0v) is 11.0. The van der Waals surface area contributed by atoms with Gasteiger partial charge in [-0.3, -0.25) is 4.68 Å². The van der Waals surface area contributed by atoms with Crippen LogP contribution in [0.3, 0.4) is 0 Å². The molecule has 1 aliphatic rings. The van der Waals surface area contributed by atoms with Crippen molar-refractivity contribution < 1.29 is 0 Å². The van der Waals surface area contributed by atoms with Crippen molar-refractivity contribution in [3.05, 3.63) is 41.7 Å². The van der Waals surface area contributed by atoms with E-state index in [-0.39, 0.29) is 0 Å². The number of aromatic nitrogens is 2. The predicted molar refractivity (Wildman–Crippen MR) is 73.7 cm³/mol. The Labute approximate surface area is 108 Å². The number of nitrogens with one attached hydrogen (secondary N) is 1. The summed E-state index contributed by atoms with van der Waals surface area (Å²) < 4.78 is 2.10. The van der Waals surface area contributed by atoms with E-state index < -0.39 is 0 Å². The van der Waals surface area contributed by atoms with Crippen LogP contribution in [0.4, 0.5) is 0 Å². The maximum Gasteiger partial charge on any atom is 0.0655 e. The fraction of sp³-hybridized carbons (Fsp3) is 0.400. The van der Waals surface area contributed by atoms with Crippen molar-refractivity contribution in [1.82, 2.24) is 15.1 Å². The molecule has 1 aromatic carbocycles. The molecule has 0 spiro atoms. The van der Waals surface area contributed by atoms with Gasteiger partial charge >= 0.3 is 0 Å². The van der Waals surface area contributed by atoms with Crippen molar-refractivity contribution in [2.75, 3.05) is 13.1 Å². The van der Waals surface area contributed by atoms with Crippen molar-refractivity contribution in [2.24, 2.45) is 0 Å². The third kappa shape index (κ3) is 2.18. The normalized spacial score (nSPS) is 19.3. The Kier molecular flexibility index (Phi) is 2.92. The van der Waals surface area contributed by atoms with Gasteiger partial charge in [0.2, 0.25) is 0 Å². The second-order valence-electron chi connectivity index (χ2n) is 5.23. The van der Waals surface area contributed by atoms with Gasteiger partial charge in [-0.15, -0.1) is 0 Å². The molecule has 1 aromatic heterocycles. The lowest BCUT2D eigenvalue weighted by molar-refractivity contribution is 0.491.